The predicted molar refractivity (Wildman–Crippen MR) is 186 cm³/mol. The van der Waals surface area contributed by atoms with Crippen LogP contribution >= 0.6 is 0 Å². The number of amides is 2. The van der Waals surface area contributed by atoms with Gasteiger partial charge in [-0.1, -0.05) is 91.0 Å². The summed E-state index contributed by atoms with van der Waals surface area (Å²) in [5, 5.41) is 15.5. The number of carbonyl (C=O) groups is 1. The number of hydrogen-bond acceptors (Lipinski definition) is 7. The number of nitrogens with one attached hydrogen (secondary N) is 2. The summed E-state index contributed by atoms with van der Waals surface area (Å²) in [6.45, 7) is 4.85. The Kier molecular flexibility index (Phi) is 10.7. The Morgan fingerprint density at radius 2 is 1.41 bits per heavy atom. The summed E-state index contributed by atoms with van der Waals surface area (Å²) >= 11 is 0. The van der Waals surface area contributed by atoms with Crippen molar-refractivity contribution in [1.82, 2.24) is 15.5 Å². The number of aliphatic hydroxyl groups excluding tert-OH is 1. The van der Waals surface area contributed by atoms with Crippen LogP contribution in [0.4, 0.5) is 4.79 Å². The van der Waals surface area contributed by atoms with E-state index in [0.29, 0.717) is 26.3 Å². The molecule has 7 rings (SSSR count). The second kappa shape index (κ2) is 15.6. The molecule has 9 nitrogen and oxygen atoms in total. The van der Waals surface area contributed by atoms with E-state index in [1.54, 1.807) is 0 Å². The summed E-state index contributed by atoms with van der Waals surface area (Å²) in [5.74, 6) is -0.408. The van der Waals surface area contributed by atoms with E-state index in [2.05, 4.69) is 45.9 Å². The van der Waals surface area contributed by atoms with Gasteiger partial charge in [0.05, 0.1) is 32.0 Å². The van der Waals surface area contributed by atoms with Crippen LogP contribution in [-0.4, -0.2) is 60.8 Å². The molecule has 4 aromatic rings. The van der Waals surface area contributed by atoms with Crippen molar-refractivity contribution < 1.29 is 28.8 Å². The number of piperidine rings is 1. The first kappa shape index (κ1) is 33.4. The maximum atomic E-state index is 12.5. The number of nitrogens with zero attached hydrogens (tertiary/aromatic N) is 1. The molecular formula is C40H45N3O6. The molecule has 3 aliphatic rings. The lowest BCUT2D eigenvalue weighted by molar-refractivity contribution is -0.255. The highest BCUT2D eigenvalue weighted by Crippen LogP contribution is 2.40. The van der Waals surface area contributed by atoms with E-state index in [4.69, 9.17) is 18.9 Å². The molecule has 0 aromatic heterocycles. The van der Waals surface area contributed by atoms with Crippen molar-refractivity contribution in [3.05, 3.63) is 131 Å². The topological polar surface area (TPSA) is 102 Å². The zero-order valence-electron chi connectivity index (χ0n) is 27.8. The van der Waals surface area contributed by atoms with E-state index in [9.17, 15) is 9.90 Å². The Morgan fingerprint density at radius 1 is 0.735 bits per heavy atom. The maximum Gasteiger partial charge on any atom is 0.315 e. The molecule has 0 radical (unpaired) electrons. The first-order valence-electron chi connectivity index (χ1n) is 17.3. The van der Waals surface area contributed by atoms with Crippen molar-refractivity contribution in [1.29, 1.82) is 0 Å². The maximum absolute atomic E-state index is 12.5. The summed E-state index contributed by atoms with van der Waals surface area (Å²) in [7, 11) is 0. The Balaban J connectivity index is 1.03. The number of hydrogen-bond donors (Lipinski definition) is 3. The molecule has 1 spiro atoms. The zero-order valence-corrected chi connectivity index (χ0v) is 27.8. The standard InChI is InChI=1S/C40H45N3O6/c44-28-30-12-14-32(15-13-30)37-24-36(27-43-18-16-40(17-19-43)46-20-21-47-40)48-38(49-37)35-11-5-10-34(23-35)33-9-4-8-31(22-33)26-42-39(45)41-25-29-6-2-1-3-7-29/h1-15,22-23,36-38,44H,16-21,24-28H2,(H2,41,42,45). The Morgan fingerprint density at radius 3 is 2.14 bits per heavy atom. The summed E-state index contributed by atoms with van der Waals surface area (Å²) < 4.78 is 25.3. The van der Waals surface area contributed by atoms with E-state index in [1.807, 2.05) is 72.8 Å². The van der Waals surface area contributed by atoms with Crippen LogP contribution in [0.1, 0.15) is 59.5 Å². The number of likely N-dealkylation sites (tertiary alicyclic amines) is 1. The number of benzene rings is 4. The number of carbonyl (C=O) groups excluding carboxylic acids is 1. The van der Waals surface area contributed by atoms with Gasteiger partial charge >= 0.3 is 6.03 Å². The fraction of sp³-hybridized carbons (Fsp3) is 0.375. The molecule has 3 aliphatic heterocycles. The number of aliphatic hydroxyl groups is 1. The largest absolute Gasteiger partial charge is 0.392 e. The summed E-state index contributed by atoms with van der Waals surface area (Å²) in [5.41, 5.74) is 7.05. The van der Waals surface area contributed by atoms with Gasteiger partial charge in [-0.15, -0.1) is 0 Å². The lowest BCUT2D eigenvalue weighted by Crippen LogP contribution is -2.48. The third-order valence-corrected chi connectivity index (χ3v) is 9.68. The minimum Gasteiger partial charge on any atom is -0.392 e. The van der Waals surface area contributed by atoms with E-state index >= 15 is 0 Å². The van der Waals surface area contributed by atoms with Crippen molar-refractivity contribution in [3.63, 3.8) is 0 Å². The predicted octanol–water partition coefficient (Wildman–Crippen LogP) is 6.23. The molecule has 3 saturated heterocycles. The molecule has 3 fully saturated rings. The van der Waals surface area contributed by atoms with Gasteiger partial charge in [-0.25, -0.2) is 4.79 Å². The van der Waals surface area contributed by atoms with Crippen LogP contribution in [0.2, 0.25) is 0 Å². The average Bonchev–Trinajstić information content (AvgIpc) is 3.62. The van der Waals surface area contributed by atoms with Crippen molar-refractivity contribution >= 4 is 6.03 Å². The van der Waals surface area contributed by atoms with Crippen LogP contribution in [0.3, 0.4) is 0 Å². The molecule has 2 amide bonds. The van der Waals surface area contributed by atoms with Gasteiger partial charge in [-0.2, -0.15) is 0 Å². The Labute approximate surface area is 288 Å². The minimum atomic E-state index is -0.544. The van der Waals surface area contributed by atoms with Crippen molar-refractivity contribution in [2.75, 3.05) is 32.8 Å². The Bertz CT molecular complexity index is 1670. The second-order valence-corrected chi connectivity index (χ2v) is 13.1. The van der Waals surface area contributed by atoms with E-state index in [0.717, 1.165) is 77.8 Å². The first-order chi connectivity index (χ1) is 24.0. The highest BCUT2D eigenvalue weighted by Gasteiger charge is 2.41. The molecule has 49 heavy (non-hydrogen) atoms. The first-order valence-corrected chi connectivity index (χ1v) is 17.3. The van der Waals surface area contributed by atoms with Crippen LogP contribution in [0, 0.1) is 0 Å². The van der Waals surface area contributed by atoms with Crippen molar-refractivity contribution in [3.8, 4) is 11.1 Å². The average molecular weight is 664 g/mol. The van der Waals surface area contributed by atoms with Crippen LogP contribution in [0.25, 0.3) is 11.1 Å². The van der Waals surface area contributed by atoms with Gasteiger partial charge in [-0.3, -0.25) is 0 Å². The molecule has 3 heterocycles. The molecule has 0 aliphatic carbocycles. The third kappa shape index (κ3) is 8.56. The monoisotopic (exact) mass is 663 g/mol. The van der Waals surface area contributed by atoms with E-state index < -0.39 is 12.1 Å². The van der Waals surface area contributed by atoms with Gasteiger partial charge in [-0.05, 0) is 45.5 Å². The highest BCUT2D eigenvalue weighted by atomic mass is 16.7. The lowest BCUT2D eigenvalue weighted by atomic mass is 9.97. The second-order valence-electron chi connectivity index (χ2n) is 13.1. The van der Waals surface area contributed by atoms with Crippen LogP contribution in [0.15, 0.2) is 103 Å². The lowest BCUT2D eigenvalue weighted by Gasteiger charge is -2.41. The van der Waals surface area contributed by atoms with Gasteiger partial charge in [0.25, 0.3) is 0 Å². The fourth-order valence-corrected chi connectivity index (χ4v) is 6.93. The molecule has 0 bridgehead atoms. The Hall–Kier alpha value is -4.09. The highest BCUT2D eigenvalue weighted by molar-refractivity contribution is 5.74. The number of ether oxygens (including phenoxy) is 4. The molecule has 0 saturated carbocycles. The molecule has 256 valence electrons. The van der Waals surface area contributed by atoms with Gasteiger partial charge in [0, 0.05) is 57.5 Å². The third-order valence-electron chi connectivity index (χ3n) is 9.68. The smallest absolute Gasteiger partial charge is 0.315 e. The molecule has 3 unspecified atom stereocenters. The number of rotatable bonds is 10. The molecule has 3 N–H and O–H groups in total. The SMILES string of the molecule is O=C(NCc1ccccc1)NCc1cccc(-c2cccc(C3OC(CN4CCC5(CC4)OCCO5)CC(c4ccc(CO)cc4)O3)c2)c1. The molecule has 4 aromatic carbocycles. The number of urea groups is 1. The van der Waals surface area contributed by atoms with Crippen LogP contribution in [-0.2, 0) is 38.6 Å². The van der Waals surface area contributed by atoms with Crippen LogP contribution < -0.4 is 10.6 Å². The summed E-state index contributed by atoms with van der Waals surface area (Å²) in [4.78, 5) is 14.9. The van der Waals surface area contributed by atoms with Gasteiger partial charge in [0.2, 0.25) is 0 Å². The normalized spacial score (nSPS) is 22.2. The van der Waals surface area contributed by atoms with Crippen molar-refractivity contribution in [2.45, 2.75) is 63.2 Å². The van der Waals surface area contributed by atoms with E-state index in [-0.39, 0.29) is 24.8 Å². The summed E-state index contributed by atoms with van der Waals surface area (Å²) in [6.07, 6.45) is 1.72. The van der Waals surface area contributed by atoms with Gasteiger partial charge in [0.15, 0.2) is 12.1 Å². The zero-order chi connectivity index (χ0) is 33.5. The minimum absolute atomic E-state index is 0.00948. The molecule has 9 heteroatoms. The molecular weight excluding hydrogens is 618 g/mol. The fourth-order valence-electron chi connectivity index (χ4n) is 6.93. The van der Waals surface area contributed by atoms with E-state index in [1.165, 1.54) is 0 Å². The quantitative estimate of drug-likeness (QED) is 0.185. The molecule has 3 atom stereocenters. The van der Waals surface area contributed by atoms with Crippen molar-refractivity contribution in [2.24, 2.45) is 0 Å². The van der Waals surface area contributed by atoms with Gasteiger partial charge < -0.3 is 39.6 Å². The van der Waals surface area contributed by atoms with Crippen LogP contribution in [0.5, 0.6) is 0 Å². The van der Waals surface area contributed by atoms with Gasteiger partial charge in [0.1, 0.15) is 0 Å². The summed E-state index contributed by atoms with van der Waals surface area (Å²) in [6, 6.07) is 34.2.